The second-order valence-electron chi connectivity index (χ2n) is 3.30. The van der Waals surface area contributed by atoms with Crippen LogP contribution in [0.3, 0.4) is 0 Å². The molecule has 0 aliphatic heterocycles. The molecule has 1 aromatic heterocycles. The lowest BCUT2D eigenvalue weighted by Crippen LogP contribution is -2.08. The number of rotatable bonds is 3. The summed E-state index contributed by atoms with van der Waals surface area (Å²) in [5.41, 5.74) is 4.37. The van der Waals surface area contributed by atoms with Crippen LogP contribution >= 0.6 is 31.9 Å². The third-order valence-corrected chi connectivity index (χ3v) is 3.46. The average Bonchev–Trinajstić information content (AvgIpc) is 2.34. The largest absolute Gasteiger partial charge is 0.354 e. The minimum absolute atomic E-state index is 0.609. The number of hydrazine groups is 1. The molecule has 0 saturated carbocycles. The molecule has 1 aromatic carbocycles. The van der Waals surface area contributed by atoms with E-state index in [1.165, 1.54) is 0 Å². The predicted octanol–water partition coefficient (Wildman–Crippen LogP) is 3.64. The maximum absolute atomic E-state index is 5.31. The van der Waals surface area contributed by atoms with Gasteiger partial charge in [0.25, 0.3) is 0 Å². The van der Waals surface area contributed by atoms with Gasteiger partial charge in [0, 0.05) is 26.9 Å². The first-order chi connectivity index (χ1) is 8.20. The molecule has 0 fully saturated rings. The lowest BCUT2D eigenvalue weighted by molar-refractivity contribution is 1.23. The standard InChI is InChI=1S/C11H10Br2N4/c12-8-2-1-3-9(13)11(8)16-7-4-5-15-10(6-7)17-14/h1-6H,14H2,(H2,15,16,17). The Bertz CT molecular complexity index is 510. The fourth-order valence-corrected chi connectivity index (χ4v) is 2.55. The van der Waals surface area contributed by atoms with Crippen LogP contribution in [0.2, 0.25) is 0 Å². The van der Waals surface area contributed by atoms with E-state index in [-0.39, 0.29) is 0 Å². The molecule has 0 unspecified atom stereocenters. The third kappa shape index (κ3) is 2.96. The smallest absolute Gasteiger partial charge is 0.141 e. The second-order valence-corrected chi connectivity index (χ2v) is 5.00. The number of pyridine rings is 1. The van der Waals surface area contributed by atoms with Gasteiger partial charge in [0.1, 0.15) is 5.82 Å². The van der Waals surface area contributed by atoms with Crippen molar-refractivity contribution in [2.75, 3.05) is 10.7 Å². The molecule has 17 heavy (non-hydrogen) atoms. The Morgan fingerprint density at radius 3 is 2.47 bits per heavy atom. The first-order valence-corrected chi connectivity index (χ1v) is 6.43. The monoisotopic (exact) mass is 356 g/mol. The summed E-state index contributed by atoms with van der Waals surface area (Å²) in [6.07, 6.45) is 1.68. The van der Waals surface area contributed by atoms with Gasteiger partial charge in [-0.3, -0.25) is 0 Å². The van der Waals surface area contributed by atoms with E-state index in [0.29, 0.717) is 5.82 Å². The van der Waals surface area contributed by atoms with Gasteiger partial charge in [0.05, 0.1) is 5.69 Å². The number of nitrogens with zero attached hydrogens (tertiary/aromatic N) is 1. The van der Waals surface area contributed by atoms with Crippen LogP contribution in [0.15, 0.2) is 45.5 Å². The summed E-state index contributed by atoms with van der Waals surface area (Å²) in [6, 6.07) is 9.59. The Hall–Kier alpha value is -1.11. The highest BCUT2D eigenvalue weighted by Crippen LogP contribution is 2.33. The lowest BCUT2D eigenvalue weighted by atomic mass is 10.3. The fourth-order valence-electron chi connectivity index (χ4n) is 1.35. The summed E-state index contributed by atoms with van der Waals surface area (Å²) in [7, 11) is 0. The van der Waals surface area contributed by atoms with E-state index >= 15 is 0 Å². The molecule has 2 rings (SSSR count). The van der Waals surface area contributed by atoms with Crippen LogP contribution in [-0.2, 0) is 0 Å². The highest BCUT2D eigenvalue weighted by atomic mass is 79.9. The van der Waals surface area contributed by atoms with Gasteiger partial charge in [0.15, 0.2) is 0 Å². The normalized spacial score (nSPS) is 10.1. The van der Waals surface area contributed by atoms with Crippen LogP contribution in [0.1, 0.15) is 0 Å². The topological polar surface area (TPSA) is 63.0 Å². The zero-order valence-electron chi connectivity index (χ0n) is 8.74. The van der Waals surface area contributed by atoms with E-state index < -0.39 is 0 Å². The molecule has 0 saturated heterocycles. The van der Waals surface area contributed by atoms with Gasteiger partial charge in [-0.05, 0) is 50.1 Å². The molecule has 0 atom stereocenters. The maximum Gasteiger partial charge on any atom is 0.141 e. The summed E-state index contributed by atoms with van der Waals surface area (Å²) >= 11 is 6.98. The number of hydrogen-bond acceptors (Lipinski definition) is 4. The van der Waals surface area contributed by atoms with Crippen LogP contribution in [-0.4, -0.2) is 4.98 Å². The average molecular weight is 358 g/mol. The Morgan fingerprint density at radius 2 is 1.82 bits per heavy atom. The minimum Gasteiger partial charge on any atom is -0.354 e. The van der Waals surface area contributed by atoms with Crippen molar-refractivity contribution in [2.24, 2.45) is 5.84 Å². The number of benzene rings is 1. The van der Waals surface area contributed by atoms with Crippen molar-refractivity contribution in [1.82, 2.24) is 4.98 Å². The van der Waals surface area contributed by atoms with Gasteiger partial charge in [-0.15, -0.1) is 0 Å². The summed E-state index contributed by atoms with van der Waals surface area (Å²) in [5.74, 6) is 5.92. The van der Waals surface area contributed by atoms with E-state index in [9.17, 15) is 0 Å². The van der Waals surface area contributed by atoms with Crippen molar-refractivity contribution < 1.29 is 0 Å². The van der Waals surface area contributed by atoms with Gasteiger partial charge >= 0.3 is 0 Å². The van der Waals surface area contributed by atoms with Gasteiger partial charge in [0.2, 0.25) is 0 Å². The zero-order valence-corrected chi connectivity index (χ0v) is 11.9. The number of nitrogens with two attached hydrogens (primary N) is 1. The number of halogens is 2. The summed E-state index contributed by atoms with van der Waals surface area (Å²) < 4.78 is 1.96. The zero-order chi connectivity index (χ0) is 12.3. The molecule has 6 heteroatoms. The van der Waals surface area contributed by atoms with E-state index in [0.717, 1.165) is 20.3 Å². The highest BCUT2D eigenvalue weighted by Gasteiger charge is 2.05. The molecule has 0 bridgehead atoms. The number of nitrogen functional groups attached to an aromatic ring is 1. The number of anilines is 3. The van der Waals surface area contributed by atoms with Crippen LogP contribution in [0, 0.1) is 0 Å². The molecule has 4 N–H and O–H groups in total. The highest BCUT2D eigenvalue weighted by molar-refractivity contribution is 9.11. The first kappa shape index (κ1) is 12.3. The molecule has 1 heterocycles. The molecule has 0 spiro atoms. The lowest BCUT2D eigenvalue weighted by Gasteiger charge is -2.11. The molecule has 0 amide bonds. The van der Waals surface area contributed by atoms with Crippen LogP contribution in [0.4, 0.5) is 17.2 Å². The van der Waals surface area contributed by atoms with Gasteiger partial charge in [-0.25, -0.2) is 10.8 Å². The van der Waals surface area contributed by atoms with Crippen molar-refractivity contribution in [3.63, 3.8) is 0 Å². The Labute approximate surface area is 116 Å². The summed E-state index contributed by atoms with van der Waals surface area (Å²) in [5, 5.41) is 3.29. The van der Waals surface area contributed by atoms with Crippen molar-refractivity contribution in [1.29, 1.82) is 0 Å². The number of nitrogens with one attached hydrogen (secondary N) is 2. The summed E-state index contributed by atoms with van der Waals surface area (Å²) in [4.78, 5) is 4.04. The van der Waals surface area contributed by atoms with Gasteiger partial charge < -0.3 is 10.7 Å². The molecular weight excluding hydrogens is 348 g/mol. The van der Waals surface area contributed by atoms with E-state index in [1.54, 1.807) is 6.20 Å². The molecular formula is C11H10Br2N4. The van der Waals surface area contributed by atoms with Crippen LogP contribution in [0.5, 0.6) is 0 Å². The number of para-hydroxylation sites is 1. The Balaban J connectivity index is 2.31. The van der Waals surface area contributed by atoms with Crippen molar-refractivity contribution in [2.45, 2.75) is 0 Å². The fraction of sp³-hybridized carbons (Fsp3) is 0. The molecule has 0 aliphatic carbocycles. The molecule has 88 valence electrons. The van der Waals surface area contributed by atoms with Crippen LogP contribution < -0.4 is 16.6 Å². The molecule has 2 aromatic rings. The molecule has 0 radical (unpaired) electrons. The third-order valence-electron chi connectivity index (χ3n) is 2.14. The first-order valence-electron chi connectivity index (χ1n) is 4.84. The second kappa shape index (κ2) is 5.48. The van der Waals surface area contributed by atoms with Gasteiger partial charge in [-0.1, -0.05) is 6.07 Å². The Morgan fingerprint density at radius 1 is 1.12 bits per heavy atom. The van der Waals surface area contributed by atoms with Crippen LogP contribution in [0.25, 0.3) is 0 Å². The summed E-state index contributed by atoms with van der Waals surface area (Å²) in [6.45, 7) is 0. The minimum atomic E-state index is 0.609. The van der Waals surface area contributed by atoms with E-state index in [1.807, 2.05) is 30.3 Å². The number of aromatic nitrogens is 1. The van der Waals surface area contributed by atoms with E-state index in [4.69, 9.17) is 5.84 Å². The SMILES string of the molecule is NNc1cc(Nc2c(Br)cccc2Br)ccn1. The quantitative estimate of drug-likeness (QED) is 0.579. The Kier molecular flexibility index (Phi) is 3.98. The molecule has 4 nitrogen and oxygen atoms in total. The van der Waals surface area contributed by atoms with Crippen molar-refractivity contribution in [3.8, 4) is 0 Å². The maximum atomic E-state index is 5.31. The number of hydrogen-bond donors (Lipinski definition) is 3. The van der Waals surface area contributed by atoms with Gasteiger partial charge in [-0.2, -0.15) is 0 Å². The van der Waals surface area contributed by atoms with E-state index in [2.05, 4.69) is 47.6 Å². The van der Waals surface area contributed by atoms with Crippen molar-refractivity contribution in [3.05, 3.63) is 45.5 Å². The van der Waals surface area contributed by atoms with Crippen molar-refractivity contribution >= 4 is 49.1 Å². The predicted molar refractivity (Wildman–Crippen MR) is 77.2 cm³/mol. The molecule has 0 aliphatic rings.